The summed E-state index contributed by atoms with van der Waals surface area (Å²) in [6, 6.07) is 4.09. The molecule has 0 aliphatic carbocycles. The van der Waals surface area contributed by atoms with Crippen molar-refractivity contribution >= 4 is 11.8 Å². The molecule has 0 bridgehead atoms. The van der Waals surface area contributed by atoms with Crippen LogP contribution in [0.3, 0.4) is 0 Å². The Kier molecular flexibility index (Phi) is 7.21. The van der Waals surface area contributed by atoms with Crippen molar-refractivity contribution in [1.29, 1.82) is 0 Å². The smallest absolute Gasteiger partial charge is 0.321 e. The molecule has 1 atom stereocenters. The quantitative estimate of drug-likeness (QED) is 0.680. The Hall–Kier alpha value is -2.12. The van der Waals surface area contributed by atoms with Gasteiger partial charge in [-0.05, 0) is 24.6 Å². The first kappa shape index (κ1) is 19.2. The number of methoxy groups -OCH3 is 1. The van der Waals surface area contributed by atoms with Crippen molar-refractivity contribution in [3.05, 3.63) is 23.8 Å². The standard InChI is InChI=1S/C18H25NO6/c1-3-8-25-16-5-4-13(11-17(16)23-2)15(20)12-14(18(21)22)19-6-9-24-10-7-19/h4-5,11,14H,3,6-10,12H2,1-2H3,(H,21,22). The SMILES string of the molecule is CCCOc1ccc(C(=O)CC(C(=O)O)N2CCOCC2)cc1OC. The number of ether oxygens (including phenoxy) is 3. The highest BCUT2D eigenvalue weighted by Crippen LogP contribution is 2.29. The summed E-state index contributed by atoms with van der Waals surface area (Å²) in [5, 5.41) is 9.48. The Bertz CT molecular complexity index is 597. The average molecular weight is 351 g/mol. The Morgan fingerprint density at radius 3 is 2.60 bits per heavy atom. The minimum atomic E-state index is -0.995. The zero-order valence-electron chi connectivity index (χ0n) is 14.7. The molecule has 25 heavy (non-hydrogen) atoms. The Balaban J connectivity index is 2.11. The first-order chi connectivity index (χ1) is 12.1. The number of carbonyl (C=O) groups is 2. The van der Waals surface area contributed by atoms with E-state index in [1.165, 1.54) is 7.11 Å². The van der Waals surface area contributed by atoms with Crippen molar-refractivity contribution in [2.45, 2.75) is 25.8 Å². The summed E-state index contributed by atoms with van der Waals surface area (Å²) >= 11 is 0. The third kappa shape index (κ3) is 5.17. The zero-order valence-corrected chi connectivity index (χ0v) is 14.7. The summed E-state index contributed by atoms with van der Waals surface area (Å²) in [6.07, 6.45) is 0.775. The largest absolute Gasteiger partial charge is 0.493 e. The summed E-state index contributed by atoms with van der Waals surface area (Å²) in [7, 11) is 1.51. The predicted molar refractivity (Wildman–Crippen MR) is 91.5 cm³/mol. The van der Waals surface area contributed by atoms with Crippen molar-refractivity contribution < 1.29 is 28.9 Å². The summed E-state index contributed by atoms with van der Waals surface area (Å²) in [6.45, 7) is 4.54. The lowest BCUT2D eigenvalue weighted by Gasteiger charge is -2.31. The number of carboxylic acid groups (broad SMARTS) is 1. The van der Waals surface area contributed by atoms with Crippen LogP contribution in [0.2, 0.25) is 0 Å². The number of hydrogen-bond acceptors (Lipinski definition) is 6. The third-order valence-electron chi connectivity index (χ3n) is 4.10. The topological polar surface area (TPSA) is 85.3 Å². The van der Waals surface area contributed by atoms with Crippen molar-refractivity contribution in [1.82, 2.24) is 4.90 Å². The fourth-order valence-corrected chi connectivity index (χ4v) is 2.73. The van der Waals surface area contributed by atoms with Crippen LogP contribution in [0.15, 0.2) is 18.2 Å². The average Bonchev–Trinajstić information content (AvgIpc) is 2.64. The molecule has 1 unspecified atom stereocenters. The second kappa shape index (κ2) is 9.39. The van der Waals surface area contributed by atoms with Crippen molar-refractivity contribution in [3.8, 4) is 11.5 Å². The molecule has 1 heterocycles. The molecule has 0 amide bonds. The number of aliphatic carboxylic acids is 1. The van der Waals surface area contributed by atoms with Crippen molar-refractivity contribution in [2.75, 3.05) is 40.0 Å². The number of rotatable bonds is 9. The van der Waals surface area contributed by atoms with Gasteiger partial charge in [-0.25, -0.2) is 0 Å². The minimum Gasteiger partial charge on any atom is -0.493 e. The molecule has 0 radical (unpaired) electrons. The fourth-order valence-electron chi connectivity index (χ4n) is 2.73. The normalized spacial score (nSPS) is 16.2. The van der Waals surface area contributed by atoms with E-state index in [-0.39, 0.29) is 12.2 Å². The maximum Gasteiger partial charge on any atom is 0.321 e. The lowest BCUT2D eigenvalue weighted by Crippen LogP contribution is -2.48. The highest BCUT2D eigenvalue weighted by molar-refractivity contribution is 5.99. The van der Waals surface area contributed by atoms with E-state index in [0.717, 1.165) is 6.42 Å². The molecule has 2 rings (SSSR count). The number of benzene rings is 1. The van der Waals surface area contributed by atoms with Gasteiger partial charge in [0.2, 0.25) is 0 Å². The molecular weight excluding hydrogens is 326 g/mol. The second-order valence-corrected chi connectivity index (χ2v) is 5.84. The minimum absolute atomic E-state index is 0.0896. The van der Waals surface area contributed by atoms with Gasteiger partial charge in [-0.1, -0.05) is 6.92 Å². The molecule has 0 saturated carbocycles. The fraction of sp³-hybridized carbons (Fsp3) is 0.556. The molecule has 1 N–H and O–H groups in total. The Morgan fingerprint density at radius 2 is 2.00 bits per heavy atom. The predicted octanol–water partition coefficient (Wildman–Crippen LogP) is 1.84. The molecule has 0 spiro atoms. The molecule has 138 valence electrons. The number of ketones is 1. The number of Topliss-reactive ketones (excluding diaryl/α,β-unsaturated/α-hetero) is 1. The number of nitrogens with zero attached hydrogens (tertiary/aromatic N) is 1. The molecule has 7 nitrogen and oxygen atoms in total. The van der Waals surface area contributed by atoms with Crippen LogP contribution in [0, 0.1) is 0 Å². The lowest BCUT2D eigenvalue weighted by molar-refractivity contribution is -0.144. The van der Waals surface area contributed by atoms with Crippen LogP contribution in [0.25, 0.3) is 0 Å². The van der Waals surface area contributed by atoms with Crippen LogP contribution in [-0.2, 0) is 9.53 Å². The van der Waals surface area contributed by atoms with Gasteiger partial charge >= 0.3 is 5.97 Å². The molecule has 7 heteroatoms. The Morgan fingerprint density at radius 1 is 1.28 bits per heavy atom. The molecule has 1 aromatic carbocycles. The molecule has 1 aliphatic heterocycles. The van der Waals surface area contributed by atoms with E-state index in [4.69, 9.17) is 14.2 Å². The number of carbonyl (C=O) groups excluding carboxylic acids is 1. The molecule has 1 aromatic rings. The lowest BCUT2D eigenvalue weighted by atomic mass is 10.0. The maximum absolute atomic E-state index is 12.6. The second-order valence-electron chi connectivity index (χ2n) is 5.84. The van der Waals surface area contributed by atoms with Crippen molar-refractivity contribution in [3.63, 3.8) is 0 Å². The van der Waals surface area contributed by atoms with E-state index in [1.54, 1.807) is 23.1 Å². The van der Waals surface area contributed by atoms with Gasteiger partial charge in [-0.15, -0.1) is 0 Å². The van der Waals surface area contributed by atoms with E-state index in [9.17, 15) is 14.7 Å². The molecule has 1 saturated heterocycles. The van der Waals surface area contributed by atoms with Gasteiger partial charge in [-0.2, -0.15) is 0 Å². The molecule has 1 fully saturated rings. The first-order valence-corrected chi connectivity index (χ1v) is 8.45. The maximum atomic E-state index is 12.6. The van der Waals surface area contributed by atoms with Gasteiger partial charge in [0, 0.05) is 25.1 Å². The molecular formula is C18H25NO6. The van der Waals surface area contributed by atoms with E-state index in [0.29, 0.717) is 50.0 Å². The zero-order chi connectivity index (χ0) is 18.2. The molecule has 1 aliphatic rings. The van der Waals surface area contributed by atoms with Gasteiger partial charge in [0.1, 0.15) is 6.04 Å². The van der Waals surface area contributed by atoms with Gasteiger partial charge in [0.15, 0.2) is 17.3 Å². The number of morpholine rings is 1. The van der Waals surface area contributed by atoms with E-state index in [1.807, 2.05) is 6.92 Å². The van der Waals surface area contributed by atoms with Crippen LogP contribution in [0.4, 0.5) is 0 Å². The van der Waals surface area contributed by atoms with Gasteiger partial charge in [-0.3, -0.25) is 14.5 Å². The van der Waals surface area contributed by atoms with Gasteiger partial charge in [0.05, 0.1) is 26.9 Å². The van der Waals surface area contributed by atoms with E-state index >= 15 is 0 Å². The summed E-state index contributed by atoms with van der Waals surface area (Å²) in [5.41, 5.74) is 0.417. The van der Waals surface area contributed by atoms with E-state index < -0.39 is 12.0 Å². The number of carboxylic acids is 1. The van der Waals surface area contributed by atoms with Crippen LogP contribution in [0.1, 0.15) is 30.1 Å². The monoisotopic (exact) mass is 351 g/mol. The summed E-state index contributed by atoms with van der Waals surface area (Å²) in [5.74, 6) is -0.189. The highest BCUT2D eigenvalue weighted by atomic mass is 16.5. The Labute approximate surface area is 147 Å². The summed E-state index contributed by atoms with van der Waals surface area (Å²) in [4.78, 5) is 25.9. The molecule has 0 aromatic heterocycles. The van der Waals surface area contributed by atoms with E-state index in [2.05, 4.69) is 0 Å². The van der Waals surface area contributed by atoms with Crippen LogP contribution < -0.4 is 9.47 Å². The van der Waals surface area contributed by atoms with Crippen LogP contribution in [0.5, 0.6) is 11.5 Å². The highest BCUT2D eigenvalue weighted by Gasteiger charge is 2.30. The van der Waals surface area contributed by atoms with Crippen LogP contribution >= 0.6 is 0 Å². The summed E-state index contributed by atoms with van der Waals surface area (Å²) < 4.78 is 16.1. The van der Waals surface area contributed by atoms with Crippen LogP contribution in [-0.4, -0.2) is 67.8 Å². The van der Waals surface area contributed by atoms with Gasteiger partial charge < -0.3 is 19.3 Å². The third-order valence-corrected chi connectivity index (χ3v) is 4.10. The first-order valence-electron chi connectivity index (χ1n) is 8.45. The van der Waals surface area contributed by atoms with Gasteiger partial charge in [0.25, 0.3) is 0 Å². The van der Waals surface area contributed by atoms with Crippen molar-refractivity contribution in [2.24, 2.45) is 0 Å². The number of hydrogen-bond donors (Lipinski definition) is 1.